The molecule has 0 aromatic heterocycles. The number of phenolic OH excluding ortho intramolecular Hbond substituents is 1. The number of hydrogen-bond donors (Lipinski definition) is 1. The van der Waals surface area contributed by atoms with E-state index in [0.29, 0.717) is 11.6 Å². The summed E-state index contributed by atoms with van der Waals surface area (Å²) < 4.78 is 0. The molecule has 24 heavy (non-hydrogen) atoms. The molecule has 1 atom stereocenters. The van der Waals surface area contributed by atoms with E-state index in [9.17, 15) is 15.2 Å². The van der Waals surface area contributed by atoms with Gasteiger partial charge in [-0.1, -0.05) is 26.0 Å². The SMILES string of the molecule is CC[C@@H](C)c1ccc(O)c(N=C/C=C/c2ccc([N+](=O)[O-])cc2)c1. The van der Waals surface area contributed by atoms with E-state index in [0.717, 1.165) is 17.5 Å². The van der Waals surface area contributed by atoms with Crippen LogP contribution in [0.2, 0.25) is 0 Å². The van der Waals surface area contributed by atoms with Gasteiger partial charge in [-0.15, -0.1) is 0 Å². The highest BCUT2D eigenvalue weighted by molar-refractivity contribution is 5.81. The van der Waals surface area contributed by atoms with Gasteiger partial charge in [0.05, 0.1) is 4.92 Å². The van der Waals surface area contributed by atoms with Crippen molar-refractivity contribution < 1.29 is 10.0 Å². The number of nitro benzene ring substituents is 1. The summed E-state index contributed by atoms with van der Waals surface area (Å²) in [4.78, 5) is 14.4. The fraction of sp³-hybridized carbons (Fsp3) is 0.211. The Morgan fingerprint density at radius 1 is 1.25 bits per heavy atom. The predicted octanol–water partition coefficient (Wildman–Crippen LogP) is 5.23. The highest BCUT2D eigenvalue weighted by atomic mass is 16.6. The van der Waals surface area contributed by atoms with Crippen molar-refractivity contribution in [3.63, 3.8) is 0 Å². The molecule has 0 spiro atoms. The summed E-state index contributed by atoms with van der Waals surface area (Å²) in [5, 5.41) is 20.5. The van der Waals surface area contributed by atoms with E-state index < -0.39 is 4.92 Å². The van der Waals surface area contributed by atoms with E-state index in [2.05, 4.69) is 18.8 Å². The molecule has 2 aromatic rings. The molecule has 0 bridgehead atoms. The summed E-state index contributed by atoms with van der Waals surface area (Å²) in [7, 11) is 0. The van der Waals surface area contributed by atoms with Crippen LogP contribution >= 0.6 is 0 Å². The molecule has 2 aromatic carbocycles. The van der Waals surface area contributed by atoms with Crippen LogP contribution in [0.15, 0.2) is 53.5 Å². The molecule has 0 saturated carbocycles. The lowest BCUT2D eigenvalue weighted by molar-refractivity contribution is -0.384. The molecule has 0 fully saturated rings. The number of aromatic hydroxyl groups is 1. The van der Waals surface area contributed by atoms with Gasteiger partial charge in [0, 0.05) is 18.3 Å². The molecule has 0 heterocycles. The molecule has 0 saturated heterocycles. The van der Waals surface area contributed by atoms with Gasteiger partial charge in [0.25, 0.3) is 5.69 Å². The van der Waals surface area contributed by atoms with Gasteiger partial charge in [0.1, 0.15) is 11.4 Å². The van der Waals surface area contributed by atoms with Gasteiger partial charge >= 0.3 is 0 Å². The summed E-state index contributed by atoms with van der Waals surface area (Å²) in [6.45, 7) is 4.25. The van der Waals surface area contributed by atoms with Gasteiger partial charge in [0.2, 0.25) is 0 Å². The zero-order chi connectivity index (χ0) is 17.5. The smallest absolute Gasteiger partial charge is 0.269 e. The third-order valence-corrected chi connectivity index (χ3v) is 3.87. The second-order valence-electron chi connectivity index (χ2n) is 5.54. The Labute approximate surface area is 141 Å². The second kappa shape index (κ2) is 8.06. The lowest BCUT2D eigenvalue weighted by Crippen LogP contribution is -1.90. The quantitative estimate of drug-likeness (QED) is 0.449. The number of phenols is 1. The monoisotopic (exact) mass is 324 g/mol. The Balaban J connectivity index is 2.09. The number of aliphatic imine (C=N–C) groups is 1. The van der Waals surface area contributed by atoms with Crippen molar-refractivity contribution in [2.24, 2.45) is 4.99 Å². The third kappa shape index (κ3) is 4.52. The van der Waals surface area contributed by atoms with Gasteiger partial charge in [-0.2, -0.15) is 0 Å². The molecular weight excluding hydrogens is 304 g/mol. The summed E-state index contributed by atoms with van der Waals surface area (Å²) in [5.74, 6) is 0.553. The highest BCUT2D eigenvalue weighted by Gasteiger charge is 2.06. The fourth-order valence-electron chi connectivity index (χ4n) is 2.17. The van der Waals surface area contributed by atoms with Crippen molar-refractivity contribution in [2.75, 3.05) is 0 Å². The Morgan fingerprint density at radius 3 is 2.58 bits per heavy atom. The number of nitro groups is 1. The number of non-ortho nitro benzene ring substituents is 1. The molecule has 2 rings (SSSR count). The minimum atomic E-state index is -0.429. The van der Waals surface area contributed by atoms with Crippen LogP contribution in [-0.2, 0) is 0 Å². The second-order valence-corrected chi connectivity index (χ2v) is 5.54. The standard InChI is InChI=1S/C19H20N2O3/c1-3-14(2)16-8-11-19(22)18(13-16)20-12-4-5-15-6-9-17(10-7-15)21(23)24/h4-14,22H,3H2,1-2H3/b5-4+,20-12?/t14-/m1/s1. The molecule has 5 heteroatoms. The van der Waals surface area contributed by atoms with Crippen LogP contribution in [0.1, 0.15) is 37.3 Å². The first-order valence-electron chi connectivity index (χ1n) is 7.79. The van der Waals surface area contributed by atoms with Crippen LogP contribution in [0.5, 0.6) is 5.75 Å². The maximum atomic E-state index is 10.6. The van der Waals surface area contributed by atoms with E-state index in [1.807, 2.05) is 12.1 Å². The number of benzene rings is 2. The van der Waals surface area contributed by atoms with Crippen LogP contribution < -0.4 is 0 Å². The molecule has 1 N–H and O–H groups in total. The molecule has 5 nitrogen and oxygen atoms in total. The average molecular weight is 324 g/mol. The Hall–Kier alpha value is -2.95. The third-order valence-electron chi connectivity index (χ3n) is 3.87. The normalized spacial score (nSPS) is 12.8. The van der Waals surface area contributed by atoms with Crippen molar-refractivity contribution >= 4 is 23.7 Å². The van der Waals surface area contributed by atoms with E-state index >= 15 is 0 Å². The van der Waals surface area contributed by atoms with E-state index in [-0.39, 0.29) is 11.4 Å². The molecule has 0 amide bonds. The summed E-state index contributed by atoms with van der Waals surface area (Å²) >= 11 is 0. The summed E-state index contributed by atoms with van der Waals surface area (Å²) in [6.07, 6.45) is 6.14. The van der Waals surface area contributed by atoms with Crippen molar-refractivity contribution in [1.29, 1.82) is 0 Å². The lowest BCUT2D eigenvalue weighted by atomic mass is 9.98. The van der Waals surface area contributed by atoms with Crippen LogP contribution in [0.4, 0.5) is 11.4 Å². The van der Waals surface area contributed by atoms with E-state index in [1.165, 1.54) is 12.1 Å². The van der Waals surface area contributed by atoms with Gasteiger partial charge in [0.15, 0.2) is 0 Å². The fourth-order valence-corrected chi connectivity index (χ4v) is 2.17. The van der Waals surface area contributed by atoms with Gasteiger partial charge < -0.3 is 5.11 Å². The number of rotatable bonds is 6. The van der Waals surface area contributed by atoms with Gasteiger partial charge in [-0.05, 0) is 53.8 Å². The molecule has 0 unspecified atom stereocenters. The minimum Gasteiger partial charge on any atom is -0.506 e. The zero-order valence-electron chi connectivity index (χ0n) is 13.7. The molecule has 0 radical (unpaired) electrons. The topological polar surface area (TPSA) is 75.7 Å². The van der Waals surface area contributed by atoms with Crippen LogP contribution in [0.25, 0.3) is 6.08 Å². The van der Waals surface area contributed by atoms with E-state index in [1.54, 1.807) is 36.6 Å². The van der Waals surface area contributed by atoms with Gasteiger partial charge in [-0.25, -0.2) is 0 Å². The van der Waals surface area contributed by atoms with E-state index in [4.69, 9.17) is 0 Å². The first-order valence-corrected chi connectivity index (χ1v) is 7.79. The maximum absolute atomic E-state index is 10.6. The molecular formula is C19H20N2O3. The Kier molecular flexibility index (Phi) is 5.84. The molecule has 0 aliphatic heterocycles. The van der Waals surface area contributed by atoms with Crippen molar-refractivity contribution in [1.82, 2.24) is 0 Å². The van der Waals surface area contributed by atoms with Crippen LogP contribution in [-0.4, -0.2) is 16.2 Å². The summed E-state index contributed by atoms with van der Waals surface area (Å²) in [5.41, 5.74) is 2.57. The van der Waals surface area contributed by atoms with Crippen LogP contribution in [0, 0.1) is 10.1 Å². The van der Waals surface area contributed by atoms with Crippen LogP contribution in [0.3, 0.4) is 0 Å². The van der Waals surface area contributed by atoms with Crippen molar-refractivity contribution in [3.8, 4) is 5.75 Å². The first-order chi connectivity index (χ1) is 11.5. The largest absolute Gasteiger partial charge is 0.506 e. The molecule has 0 aliphatic rings. The lowest BCUT2D eigenvalue weighted by Gasteiger charge is -2.10. The molecule has 124 valence electrons. The molecule has 0 aliphatic carbocycles. The van der Waals surface area contributed by atoms with Gasteiger partial charge in [-0.3, -0.25) is 15.1 Å². The number of nitrogens with zero attached hydrogens (tertiary/aromatic N) is 2. The minimum absolute atomic E-state index is 0.0626. The average Bonchev–Trinajstić information content (AvgIpc) is 2.59. The zero-order valence-corrected chi connectivity index (χ0v) is 13.7. The Morgan fingerprint density at radius 2 is 1.96 bits per heavy atom. The Bertz CT molecular complexity index is 765. The van der Waals surface area contributed by atoms with Crippen molar-refractivity contribution in [3.05, 3.63) is 69.8 Å². The highest BCUT2D eigenvalue weighted by Crippen LogP contribution is 2.30. The van der Waals surface area contributed by atoms with Crippen molar-refractivity contribution in [2.45, 2.75) is 26.2 Å². The predicted molar refractivity (Wildman–Crippen MR) is 97.1 cm³/mol. The maximum Gasteiger partial charge on any atom is 0.269 e. The number of allylic oxidation sites excluding steroid dienone is 1. The first kappa shape index (κ1) is 17.4. The number of hydrogen-bond acceptors (Lipinski definition) is 4. The summed E-state index contributed by atoms with van der Waals surface area (Å²) in [6, 6.07) is 11.7.